The third-order valence-corrected chi connectivity index (χ3v) is 4.89. The van der Waals surface area contributed by atoms with Crippen LogP contribution in [0.15, 0.2) is 24.3 Å². The lowest BCUT2D eigenvalue weighted by Crippen LogP contribution is -2.12. The van der Waals surface area contributed by atoms with Gasteiger partial charge in [-0.25, -0.2) is 4.98 Å². The Bertz CT molecular complexity index is 862. The van der Waals surface area contributed by atoms with Crippen LogP contribution in [0.25, 0.3) is 5.57 Å². The van der Waals surface area contributed by atoms with Gasteiger partial charge in [0.15, 0.2) is 0 Å². The number of fused-ring (bicyclic) bond motifs is 1. The maximum Gasteiger partial charge on any atom is 0.229 e. The van der Waals surface area contributed by atoms with Gasteiger partial charge in [0.05, 0.1) is 6.61 Å². The molecule has 0 fully saturated rings. The summed E-state index contributed by atoms with van der Waals surface area (Å²) in [6.45, 7) is 7.60. The summed E-state index contributed by atoms with van der Waals surface area (Å²) in [5.41, 5.74) is 5.77. The second-order valence-electron chi connectivity index (χ2n) is 7.02. The number of allylic oxidation sites excluding steroid dienone is 1. The second kappa shape index (κ2) is 7.96. The fourth-order valence-electron chi connectivity index (χ4n) is 3.69. The molecule has 6 nitrogen and oxygen atoms in total. The average molecular weight is 365 g/mol. The van der Waals surface area contributed by atoms with Gasteiger partial charge < -0.3 is 20.7 Å². The van der Waals surface area contributed by atoms with Crippen LogP contribution < -0.4 is 20.7 Å². The number of hydrogen-bond acceptors (Lipinski definition) is 6. The van der Waals surface area contributed by atoms with E-state index in [4.69, 9.17) is 4.74 Å². The molecule has 0 saturated carbocycles. The smallest absolute Gasteiger partial charge is 0.229 e. The van der Waals surface area contributed by atoms with Crippen molar-refractivity contribution in [3.63, 3.8) is 0 Å². The van der Waals surface area contributed by atoms with Gasteiger partial charge in [-0.2, -0.15) is 4.98 Å². The first-order valence-electron chi connectivity index (χ1n) is 9.79. The molecule has 1 aromatic carbocycles. The van der Waals surface area contributed by atoms with Crippen LogP contribution in [0.1, 0.15) is 36.6 Å². The molecule has 27 heavy (non-hydrogen) atoms. The lowest BCUT2D eigenvalue weighted by atomic mass is 9.97. The van der Waals surface area contributed by atoms with Crippen molar-refractivity contribution < 1.29 is 4.74 Å². The normalized spacial score (nSPS) is 16.1. The minimum absolute atomic E-state index is 0.618. The fourth-order valence-corrected chi connectivity index (χ4v) is 3.69. The van der Waals surface area contributed by atoms with E-state index in [9.17, 15) is 0 Å². The summed E-state index contributed by atoms with van der Waals surface area (Å²) in [5, 5.41) is 10.1. The zero-order valence-electron chi connectivity index (χ0n) is 16.1. The number of nitrogens with one attached hydrogen (secondary N) is 3. The first-order valence-corrected chi connectivity index (χ1v) is 9.79. The molecule has 0 saturated heterocycles. The molecule has 3 N–H and O–H groups in total. The quantitative estimate of drug-likeness (QED) is 0.751. The third kappa shape index (κ3) is 4.06. The van der Waals surface area contributed by atoms with Crippen molar-refractivity contribution in [3.05, 3.63) is 41.1 Å². The molecule has 0 amide bonds. The molecule has 4 rings (SSSR count). The van der Waals surface area contributed by atoms with Gasteiger partial charge in [-0.05, 0) is 50.9 Å². The van der Waals surface area contributed by atoms with E-state index in [-0.39, 0.29) is 0 Å². The molecular formula is C21H27N5O. The summed E-state index contributed by atoms with van der Waals surface area (Å²) >= 11 is 0. The summed E-state index contributed by atoms with van der Waals surface area (Å²) < 4.78 is 5.97. The van der Waals surface area contributed by atoms with Crippen LogP contribution in [0.4, 0.5) is 17.5 Å². The van der Waals surface area contributed by atoms with E-state index in [0.29, 0.717) is 5.95 Å². The Morgan fingerprint density at radius 1 is 1.19 bits per heavy atom. The molecule has 0 atom stereocenters. The molecule has 2 aliphatic rings. The second-order valence-corrected chi connectivity index (χ2v) is 7.02. The van der Waals surface area contributed by atoms with Gasteiger partial charge in [0.2, 0.25) is 5.95 Å². The Kier molecular flexibility index (Phi) is 5.25. The number of anilines is 3. The maximum atomic E-state index is 5.97. The molecule has 2 aliphatic heterocycles. The first-order chi connectivity index (χ1) is 13.2. The highest BCUT2D eigenvalue weighted by Gasteiger charge is 2.21. The van der Waals surface area contributed by atoms with E-state index < -0.39 is 0 Å². The summed E-state index contributed by atoms with van der Waals surface area (Å²) in [7, 11) is 0. The molecule has 3 heterocycles. The van der Waals surface area contributed by atoms with Crippen LogP contribution in [0, 0.1) is 6.92 Å². The zero-order valence-corrected chi connectivity index (χ0v) is 16.1. The average Bonchev–Trinajstić information content (AvgIpc) is 2.94. The Hall–Kier alpha value is -2.60. The summed E-state index contributed by atoms with van der Waals surface area (Å²) in [4.78, 5) is 9.12. The van der Waals surface area contributed by atoms with Crippen molar-refractivity contribution in [2.75, 3.05) is 36.9 Å². The molecule has 0 aliphatic carbocycles. The topological polar surface area (TPSA) is 71.1 Å². The molecule has 0 spiro atoms. The summed E-state index contributed by atoms with van der Waals surface area (Å²) in [6.07, 6.45) is 5.45. The highest BCUT2D eigenvalue weighted by molar-refractivity contribution is 5.77. The predicted octanol–water partition coefficient (Wildman–Crippen LogP) is 3.66. The van der Waals surface area contributed by atoms with Crippen LogP contribution >= 0.6 is 0 Å². The van der Waals surface area contributed by atoms with Crippen molar-refractivity contribution in [3.8, 4) is 5.75 Å². The van der Waals surface area contributed by atoms with Gasteiger partial charge in [-0.15, -0.1) is 0 Å². The number of rotatable bonds is 5. The van der Waals surface area contributed by atoms with Gasteiger partial charge in [0.25, 0.3) is 0 Å². The molecule has 6 heteroatoms. The van der Waals surface area contributed by atoms with E-state index in [2.05, 4.69) is 51.1 Å². The van der Waals surface area contributed by atoms with Crippen molar-refractivity contribution in [1.82, 2.24) is 15.3 Å². The van der Waals surface area contributed by atoms with Gasteiger partial charge >= 0.3 is 0 Å². The molecule has 142 valence electrons. The first kappa shape index (κ1) is 17.8. The van der Waals surface area contributed by atoms with Crippen LogP contribution in [-0.4, -0.2) is 36.2 Å². The summed E-state index contributed by atoms with van der Waals surface area (Å²) in [5.74, 6) is 2.51. The number of ether oxygens (including phenoxy) is 1. The van der Waals surface area contributed by atoms with E-state index in [0.717, 1.165) is 68.5 Å². The van der Waals surface area contributed by atoms with E-state index in [1.165, 1.54) is 16.7 Å². The van der Waals surface area contributed by atoms with Crippen LogP contribution in [0.5, 0.6) is 5.75 Å². The lowest BCUT2D eigenvalue weighted by Gasteiger charge is -2.15. The Morgan fingerprint density at radius 3 is 3.00 bits per heavy atom. The minimum Gasteiger partial charge on any atom is -0.492 e. The largest absolute Gasteiger partial charge is 0.492 e. The molecule has 0 unspecified atom stereocenters. The maximum absolute atomic E-state index is 5.97. The molecule has 1 aromatic heterocycles. The summed E-state index contributed by atoms with van der Waals surface area (Å²) in [6, 6.07) is 6.31. The predicted molar refractivity (Wildman–Crippen MR) is 110 cm³/mol. The lowest BCUT2D eigenvalue weighted by molar-refractivity contribution is 0.356. The van der Waals surface area contributed by atoms with E-state index in [1.54, 1.807) is 0 Å². The van der Waals surface area contributed by atoms with Crippen LogP contribution in [0.2, 0.25) is 0 Å². The van der Waals surface area contributed by atoms with Crippen molar-refractivity contribution >= 4 is 23.0 Å². The highest BCUT2D eigenvalue weighted by Crippen LogP contribution is 2.39. The van der Waals surface area contributed by atoms with Gasteiger partial charge in [0.1, 0.15) is 11.6 Å². The van der Waals surface area contributed by atoms with E-state index >= 15 is 0 Å². The number of aromatic nitrogens is 2. The minimum atomic E-state index is 0.618. The molecule has 0 bridgehead atoms. The number of nitrogens with zero attached hydrogens (tertiary/aromatic N) is 2. The molecular weight excluding hydrogens is 338 g/mol. The van der Waals surface area contributed by atoms with Crippen molar-refractivity contribution in [2.45, 2.75) is 33.1 Å². The highest BCUT2D eigenvalue weighted by atomic mass is 16.5. The molecule has 0 radical (unpaired) electrons. The van der Waals surface area contributed by atoms with E-state index in [1.807, 2.05) is 13.0 Å². The number of aryl methyl sites for hydroxylation is 1. The Labute approximate surface area is 160 Å². The standard InChI is InChI=1S/C21H27N5O/c1-3-23-19-11-14(2)24-21(26-19)25-17-12-16-7-10-27-20(16)18(13-17)15-5-4-8-22-9-6-15/h6,11-13,22H,3-5,7-10H2,1-2H3,(H2,23,24,25,26). The zero-order chi connectivity index (χ0) is 18.6. The van der Waals surface area contributed by atoms with Crippen molar-refractivity contribution in [2.24, 2.45) is 0 Å². The van der Waals surface area contributed by atoms with Gasteiger partial charge in [0, 0.05) is 48.1 Å². The van der Waals surface area contributed by atoms with Gasteiger partial charge in [-0.3, -0.25) is 0 Å². The van der Waals surface area contributed by atoms with Crippen molar-refractivity contribution in [1.29, 1.82) is 0 Å². The Balaban J connectivity index is 1.68. The third-order valence-electron chi connectivity index (χ3n) is 4.89. The monoisotopic (exact) mass is 365 g/mol. The number of hydrogen-bond donors (Lipinski definition) is 3. The SMILES string of the molecule is CCNc1cc(C)nc(Nc2cc3c(c(C4=CCNCCC4)c2)OCC3)n1. The van der Waals surface area contributed by atoms with Gasteiger partial charge in [-0.1, -0.05) is 6.08 Å². The fraction of sp³-hybridized carbons (Fsp3) is 0.429. The van der Waals surface area contributed by atoms with Crippen LogP contribution in [0.3, 0.4) is 0 Å². The Morgan fingerprint density at radius 2 is 2.11 bits per heavy atom. The number of benzene rings is 1. The molecule has 2 aromatic rings. The van der Waals surface area contributed by atoms with Crippen LogP contribution in [-0.2, 0) is 6.42 Å².